The first kappa shape index (κ1) is 15.8. The van der Waals surface area contributed by atoms with Crippen LogP contribution < -0.4 is 10.2 Å². The molecule has 1 aliphatic rings. The van der Waals surface area contributed by atoms with Crippen LogP contribution in [-0.4, -0.2) is 53.6 Å². The van der Waals surface area contributed by atoms with Gasteiger partial charge in [0.1, 0.15) is 5.82 Å². The standard InChI is InChI=1S/C16H26N4O/c1-13(15(21)18-16(2,3)4)19-9-11-20(12-10-19)14-7-5-6-8-17-14/h5-8,13H,9-12H2,1-4H3,(H,18,21)/t13-/m1/s1. The van der Waals surface area contributed by atoms with Gasteiger partial charge in [-0.05, 0) is 39.8 Å². The minimum Gasteiger partial charge on any atom is -0.354 e. The van der Waals surface area contributed by atoms with Gasteiger partial charge in [-0.2, -0.15) is 0 Å². The van der Waals surface area contributed by atoms with Crippen molar-refractivity contribution < 1.29 is 4.79 Å². The maximum Gasteiger partial charge on any atom is 0.237 e. The van der Waals surface area contributed by atoms with Gasteiger partial charge in [0.25, 0.3) is 0 Å². The molecule has 1 saturated heterocycles. The Bertz CT molecular complexity index is 461. The summed E-state index contributed by atoms with van der Waals surface area (Å²) in [6.07, 6.45) is 1.82. The van der Waals surface area contributed by atoms with E-state index in [2.05, 4.69) is 20.1 Å². The second kappa shape index (κ2) is 6.43. The molecule has 0 saturated carbocycles. The molecule has 1 aliphatic heterocycles. The number of nitrogens with zero attached hydrogens (tertiary/aromatic N) is 3. The average molecular weight is 290 g/mol. The zero-order valence-electron chi connectivity index (χ0n) is 13.5. The topological polar surface area (TPSA) is 48.5 Å². The van der Waals surface area contributed by atoms with Crippen LogP contribution in [0.15, 0.2) is 24.4 Å². The third-order valence-electron chi connectivity index (χ3n) is 3.71. The van der Waals surface area contributed by atoms with Gasteiger partial charge in [-0.1, -0.05) is 6.07 Å². The van der Waals surface area contributed by atoms with Crippen molar-refractivity contribution in [2.24, 2.45) is 0 Å². The molecule has 1 amide bonds. The van der Waals surface area contributed by atoms with Crippen LogP contribution in [-0.2, 0) is 4.79 Å². The van der Waals surface area contributed by atoms with Crippen LogP contribution in [0.5, 0.6) is 0 Å². The largest absolute Gasteiger partial charge is 0.354 e. The molecule has 5 heteroatoms. The van der Waals surface area contributed by atoms with E-state index in [9.17, 15) is 4.79 Å². The SMILES string of the molecule is C[C@H](C(=O)NC(C)(C)C)N1CCN(c2ccccn2)CC1. The monoisotopic (exact) mass is 290 g/mol. The van der Waals surface area contributed by atoms with Gasteiger partial charge < -0.3 is 10.2 Å². The lowest BCUT2D eigenvalue weighted by molar-refractivity contribution is -0.127. The Labute approximate surface area is 127 Å². The van der Waals surface area contributed by atoms with Crippen molar-refractivity contribution >= 4 is 11.7 Å². The Balaban J connectivity index is 1.87. The Morgan fingerprint density at radius 3 is 2.43 bits per heavy atom. The number of nitrogens with one attached hydrogen (secondary N) is 1. The molecule has 1 N–H and O–H groups in total. The Morgan fingerprint density at radius 2 is 1.90 bits per heavy atom. The molecule has 1 aromatic rings. The van der Waals surface area contributed by atoms with Crippen molar-refractivity contribution in [3.8, 4) is 0 Å². The van der Waals surface area contributed by atoms with Crippen molar-refractivity contribution in [3.05, 3.63) is 24.4 Å². The van der Waals surface area contributed by atoms with Crippen LogP contribution in [0.1, 0.15) is 27.7 Å². The summed E-state index contributed by atoms with van der Waals surface area (Å²) in [5.41, 5.74) is -0.179. The molecule has 0 spiro atoms. The van der Waals surface area contributed by atoms with Gasteiger partial charge in [0.05, 0.1) is 6.04 Å². The van der Waals surface area contributed by atoms with Crippen LogP contribution in [0.25, 0.3) is 0 Å². The number of carbonyl (C=O) groups is 1. The number of anilines is 1. The minimum absolute atomic E-state index is 0.0879. The Morgan fingerprint density at radius 1 is 1.24 bits per heavy atom. The molecule has 2 heterocycles. The van der Waals surface area contributed by atoms with Gasteiger partial charge in [-0.3, -0.25) is 9.69 Å². The van der Waals surface area contributed by atoms with Crippen LogP contribution in [0.2, 0.25) is 0 Å². The van der Waals surface area contributed by atoms with Crippen molar-refractivity contribution in [1.82, 2.24) is 15.2 Å². The van der Waals surface area contributed by atoms with Crippen molar-refractivity contribution in [1.29, 1.82) is 0 Å². The molecule has 0 aliphatic carbocycles. The first-order valence-corrected chi connectivity index (χ1v) is 7.59. The molecule has 5 nitrogen and oxygen atoms in total. The lowest BCUT2D eigenvalue weighted by Crippen LogP contribution is -2.56. The van der Waals surface area contributed by atoms with E-state index < -0.39 is 0 Å². The zero-order chi connectivity index (χ0) is 15.5. The van der Waals surface area contributed by atoms with E-state index >= 15 is 0 Å². The van der Waals surface area contributed by atoms with Gasteiger partial charge in [0, 0.05) is 37.9 Å². The van der Waals surface area contributed by atoms with Crippen molar-refractivity contribution in [2.45, 2.75) is 39.3 Å². The van der Waals surface area contributed by atoms with Crippen molar-refractivity contribution in [3.63, 3.8) is 0 Å². The summed E-state index contributed by atoms with van der Waals surface area (Å²) >= 11 is 0. The molecule has 2 rings (SSSR count). The highest BCUT2D eigenvalue weighted by Gasteiger charge is 2.27. The van der Waals surface area contributed by atoms with E-state index in [0.29, 0.717) is 0 Å². The quantitative estimate of drug-likeness (QED) is 0.916. The number of rotatable bonds is 3. The zero-order valence-corrected chi connectivity index (χ0v) is 13.5. The van der Waals surface area contributed by atoms with E-state index in [-0.39, 0.29) is 17.5 Å². The van der Waals surface area contributed by atoms with Crippen LogP contribution in [0.4, 0.5) is 5.82 Å². The highest BCUT2D eigenvalue weighted by atomic mass is 16.2. The van der Waals surface area contributed by atoms with Gasteiger partial charge in [-0.25, -0.2) is 4.98 Å². The predicted molar refractivity (Wildman–Crippen MR) is 85.4 cm³/mol. The first-order chi connectivity index (χ1) is 9.87. The second-order valence-corrected chi connectivity index (χ2v) is 6.63. The number of aromatic nitrogens is 1. The van der Waals surface area contributed by atoms with Crippen LogP contribution >= 0.6 is 0 Å². The van der Waals surface area contributed by atoms with Gasteiger partial charge in [0.2, 0.25) is 5.91 Å². The molecular formula is C16H26N4O. The van der Waals surface area contributed by atoms with E-state index in [4.69, 9.17) is 0 Å². The highest BCUT2D eigenvalue weighted by Crippen LogP contribution is 2.14. The second-order valence-electron chi connectivity index (χ2n) is 6.63. The summed E-state index contributed by atoms with van der Waals surface area (Å²) in [5, 5.41) is 3.05. The molecule has 1 aromatic heterocycles. The van der Waals surface area contributed by atoms with E-state index in [1.807, 2.05) is 52.1 Å². The molecule has 0 unspecified atom stereocenters. The predicted octanol–water partition coefficient (Wildman–Crippen LogP) is 1.51. The Kier molecular flexibility index (Phi) is 4.83. The number of amides is 1. The number of pyridine rings is 1. The van der Waals surface area contributed by atoms with E-state index in [1.165, 1.54) is 0 Å². The molecule has 0 radical (unpaired) electrons. The maximum absolute atomic E-state index is 12.2. The summed E-state index contributed by atoms with van der Waals surface area (Å²) in [5.74, 6) is 1.12. The smallest absolute Gasteiger partial charge is 0.237 e. The third kappa shape index (κ3) is 4.43. The number of hydrogen-bond donors (Lipinski definition) is 1. The average Bonchev–Trinajstić information content (AvgIpc) is 2.46. The molecule has 1 fully saturated rings. The molecule has 0 bridgehead atoms. The maximum atomic E-state index is 12.2. The summed E-state index contributed by atoms with van der Waals surface area (Å²) in [4.78, 5) is 21.1. The lowest BCUT2D eigenvalue weighted by Gasteiger charge is -2.38. The fraction of sp³-hybridized carbons (Fsp3) is 0.625. The summed E-state index contributed by atoms with van der Waals surface area (Å²) in [6, 6.07) is 5.88. The fourth-order valence-electron chi connectivity index (χ4n) is 2.52. The highest BCUT2D eigenvalue weighted by molar-refractivity contribution is 5.82. The van der Waals surface area contributed by atoms with E-state index in [0.717, 1.165) is 32.0 Å². The third-order valence-corrected chi connectivity index (χ3v) is 3.71. The minimum atomic E-state index is -0.179. The summed E-state index contributed by atoms with van der Waals surface area (Å²) < 4.78 is 0. The van der Waals surface area contributed by atoms with Crippen molar-refractivity contribution in [2.75, 3.05) is 31.1 Å². The van der Waals surface area contributed by atoms with Gasteiger partial charge in [0.15, 0.2) is 0 Å². The molecule has 0 aromatic carbocycles. The number of carbonyl (C=O) groups excluding carboxylic acids is 1. The molecule has 1 atom stereocenters. The Hall–Kier alpha value is -1.62. The van der Waals surface area contributed by atoms with Crippen LogP contribution in [0.3, 0.4) is 0 Å². The van der Waals surface area contributed by atoms with E-state index in [1.54, 1.807) is 0 Å². The normalized spacial score (nSPS) is 18.4. The first-order valence-electron chi connectivity index (χ1n) is 7.59. The molecule has 116 valence electrons. The number of hydrogen-bond acceptors (Lipinski definition) is 4. The summed E-state index contributed by atoms with van der Waals surface area (Å²) in [7, 11) is 0. The summed E-state index contributed by atoms with van der Waals surface area (Å²) in [6.45, 7) is 11.6. The molecule has 21 heavy (non-hydrogen) atoms. The fourth-order valence-corrected chi connectivity index (χ4v) is 2.52. The molecular weight excluding hydrogens is 264 g/mol. The van der Waals surface area contributed by atoms with Gasteiger partial charge in [-0.15, -0.1) is 0 Å². The van der Waals surface area contributed by atoms with Crippen LogP contribution in [0, 0.1) is 0 Å². The number of piperazine rings is 1. The lowest BCUT2D eigenvalue weighted by atomic mass is 10.1. The van der Waals surface area contributed by atoms with Gasteiger partial charge >= 0.3 is 0 Å².